The number of benzene rings is 2. The van der Waals surface area contributed by atoms with Crippen molar-refractivity contribution < 1.29 is 4.42 Å². The first-order chi connectivity index (χ1) is 9.22. The van der Waals surface area contributed by atoms with E-state index in [1.165, 1.54) is 0 Å². The van der Waals surface area contributed by atoms with E-state index in [1.54, 1.807) is 17.8 Å². The number of hydrogen-bond acceptors (Lipinski definition) is 3. The fourth-order valence-electron chi connectivity index (χ4n) is 1.95. The number of fused-ring (bicyclic) bond motifs is 1. The lowest BCUT2D eigenvalue weighted by atomic mass is 10.2. The molecule has 0 spiro atoms. The maximum absolute atomic E-state index is 11.6. The zero-order valence-corrected chi connectivity index (χ0v) is 11.2. The molecule has 3 rings (SSSR count). The fourth-order valence-corrected chi connectivity index (χ4v) is 2.92. The van der Waals surface area contributed by atoms with Crippen LogP contribution in [0.3, 0.4) is 0 Å². The maximum atomic E-state index is 11.6. The third-order valence-corrected chi connectivity index (χ3v) is 3.90. The van der Waals surface area contributed by atoms with Gasteiger partial charge in [0, 0.05) is 21.2 Å². The van der Waals surface area contributed by atoms with Crippen molar-refractivity contribution in [2.75, 3.05) is 0 Å². The first-order valence-corrected chi connectivity index (χ1v) is 6.81. The molecular formula is C16H12O2S. The lowest BCUT2D eigenvalue weighted by molar-refractivity contribution is 0.557. The second-order valence-corrected chi connectivity index (χ2v) is 5.46. The van der Waals surface area contributed by atoms with Crippen LogP contribution in [0.2, 0.25) is 0 Å². The Morgan fingerprint density at radius 2 is 1.79 bits per heavy atom. The third kappa shape index (κ3) is 2.56. The van der Waals surface area contributed by atoms with Crippen molar-refractivity contribution in [2.45, 2.75) is 16.7 Å². The normalized spacial score (nSPS) is 10.8. The average molecular weight is 268 g/mol. The van der Waals surface area contributed by atoms with Crippen molar-refractivity contribution in [1.29, 1.82) is 0 Å². The van der Waals surface area contributed by atoms with Gasteiger partial charge in [0.15, 0.2) is 0 Å². The van der Waals surface area contributed by atoms with E-state index >= 15 is 0 Å². The lowest BCUT2D eigenvalue weighted by Gasteiger charge is -2.05. The van der Waals surface area contributed by atoms with Crippen LogP contribution >= 0.6 is 11.8 Å². The summed E-state index contributed by atoms with van der Waals surface area (Å²) >= 11 is 1.58. The fraction of sp³-hybridized carbons (Fsp3) is 0.0625. The van der Waals surface area contributed by atoms with Crippen molar-refractivity contribution >= 4 is 22.7 Å². The van der Waals surface area contributed by atoms with Gasteiger partial charge < -0.3 is 4.42 Å². The van der Waals surface area contributed by atoms with E-state index in [2.05, 4.69) is 0 Å². The summed E-state index contributed by atoms with van der Waals surface area (Å²) < 4.78 is 5.23. The zero-order chi connectivity index (χ0) is 13.2. The van der Waals surface area contributed by atoms with Crippen LogP contribution in [0.1, 0.15) is 5.56 Å². The van der Waals surface area contributed by atoms with Gasteiger partial charge in [-0.3, -0.25) is 0 Å². The lowest BCUT2D eigenvalue weighted by Crippen LogP contribution is -1.97. The van der Waals surface area contributed by atoms with Gasteiger partial charge in [-0.25, -0.2) is 4.79 Å². The Morgan fingerprint density at radius 1 is 1.00 bits per heavy atom. The molecule has 1 aromatic heterocycles. The molecule has 0 aliphatic rings. The molecule has 3 aromatic rings. The summed E-state index contributed by atoms with van der Waals surface area (Å²) in [6, 6.07) is 17.4. The first-order valence-electron chi connectivity index (χ1n) is 6.00. The minimum absolute atomic E-state index is 0.310. The largest absolute Gasteiger partial charge is 0.423 e. The Hall–Kier alpha value is -2.00. The van der Waals surface area contributed by atoms with Crippen LogP contribution < -0.4 is 5.63 Å². The molecular weight excluding hydrogens is 256 g/mol. The van der Waals surface area contributed by atoms with Crippen molar-refractivity contribution in [1.82, 2.24) is 0 Å². The Morgan fingerprint density at radius 3 is 2.58 bits per heavy atom. The van der Waals surface area contributed by atoms with Crippen LogP contribution in [0.5, 0.6) is 0 Å². The molecule has 94 valence electrons. The van der Waals surface area contributed by atoms with Crippen LogP contribution in [-0.4, -0.2) is 0 Å². The monoisotopic (exact) mass is 268 g/mol. The second-order valence-electron chi connectivity index (χ2n) is 4.34. The number of aryl methyl sites for hydroxylation is 1. The van der Waals surface area contributed by atoms with Crippen LogP contribution in [0.4, 0.5) is 0 Å². The highest BCUT2D eigenvalue weighted by Gasteiger charge is 2.07. The molecule has 0 amide bonds. The van der Waals surface area contributed by atoms with E-state index in [0.717, 1.165) is 20.7 Å². The molecule has 0 unspecified atom stereocenters. The average Bonchev–Trinajstić information content (AvgIpc) is 2.41. The molecule has 19 heavy (non-hydrogen) atoms. The number of rotatable bonds is 2. The van der Waals surface area contributed by atoms with Crippen LogP contribution in [-0.2, 0) is 0 Å². The summed E-state index contributed by atoms with van der Waals surface area (Å²) in [6.45, 7) is 2.03. The maximum Gasteiger partial charge on any atom is 0.337 e. The molecule has 1 heterocycles. The number of hydrogen-bond donors (Lipinski definition) is 0. The Labute approximate surface area is 115 Å². The van der Waals surface area contributed by atoms with Crippen LogP contribution in [0.15, 0.2) is 73.6 Å². The standard InChI is InChI=1S/C16H12O2S/c1-11-7-8-14-13(9-11)15(10-16(17)18-14)19-12-5-3-2-4-6-12/h2-10H,1H3. The SMILES string of the molecule is Cc1ccc2oc(=O)cc(Sc3ccccc3)c2c1. The summed E-state index contributed by atoms with van der Waals surface area (Å²) in [4.78, 5) is 13.6. The molecule has 0 radical (unpaired) electrons. The van der Waals surface area contributed by atoms with E-state index in [-0.39, 0.29) is 5.63 Å². The predicted octanol–water partition coefficient (Wildman–Crippen LogP) is 4.25. The summed E-state index contributed by atoms with van der Waals surface area (Å²) in [5.41, 5.74) is 1.47. The second kappa shape index (κ2) is 4.94. The molecule has 0 saturated heterocycles. The summed E-state index contributed by atoms with van der Waals surface area (Å²) in [5, 5.41) is 0.980. The van der Waals surface area contributed by atoms with Gasteiger partial charge in [-0.15, -0.1) is 0 Å². The summed E-state index contributed by atoms with van der Waals surface area (Å²) in [7, 11) is 0. The van der Waals surface area contributed by atoms with E-state index in [9.17, 15) is 4.79 Å². The van der Waals surface area contributed by atoms with Gasteiger partial charge in [0.05, 0.1) is 0 Å². The van der Waals surface area contributed by atoms with Crippen molar-refractivity contribution in [3.63, 3.8) is 0 Å². The summed E-state index contributed by atoms with van der Waals surface area (Å²) in [6.07, 6.45) is 0. The predicted molar refractivity (Wildman–Crippen MR) is 77.8 cm³/mol. The molecule has 0 atom stereocenters. The first kappa shape index (κ1) is 12.1. The third-order valence-electron chi connectivity index (χ3n) is 2.83. The van der Waals surface area contributed by atoms with Gasteiger partial charge in [0.1, 0.15) is 5.58 Å². The van der Waals surface area contributed by atoms with Gasteiger partial charge in [-0.05, 0) is 31.2 Å². The molecule has 0 N–H and O–H groups in total. The van der Waals surface area contributed by atoms with Gasteiger partial charge in [-0.1, -0.05) is 41.6 Å². The van der Waals surface area contributed by atoms with Gasteiger partial charge in [0.2, 0.25) is 0 Å². The molecule has 0 saturated carbocycles. The highest BCUT2D eigenvalue weighted by Crippen LogP contribution is 2.32. The highest BCUT2D eigenvalue weighted by molar-refractivity contribution is 7.99. The molecule has 2 nitrogen and oxygen atoms in total. The minimum atomic E-state index is -0.310. The van der Waals surface area contributed by atoms with E-state index in [0.29, 0.717) is 5.58 Å². The smallest absolute Gasteiger partial charge is 0.337 e. The Bertz CT molecular complexity index is 776. The molecule has 0 aliphatic heterocycles. The van der Waals surface area contributed by atoms with Gasteiger partial charge in [-0.2, -0.15) is 0 Å². The highest BCUT2D eigenvalue weighted by atomic mass is 32.2. The molecule has 0 fully saturated rings. The van der Waals surface area contributed by atoms with Crippen molar-refractivity contribution in [2.24, 2.45) is 0 Å². The quantitative estimate of drug-likeness (QED) is 0.651. The Kier molecular flexibility index (Phi) is 3.13. The van der Waals surface area contributed by atoms with E-state index in [1.807, 2.05) is 55.5 Å². The topological polar surface area (TPSA) is 30.2 Å². The molecule has 0 aliphatic carbocycles. The van der Waals surface area contributed by atoms with Crippen molar-refractivity contribution in [3.8, 4) is 0 Å². The minimum Gasteiger partial charge on any atom is -0.423 e. The molecule has 0 bridgehead atoms. The van der Waals surface area contributed by atoms with E-state index < -0.39 is 0 Å². The zero-order valence-electron chi connectivity index (χ0n) is 10.4. The van der Waals surface area contributed by atoms with Crippen LogP contribution in [0, 0.1) is 6.92 Å². The molecule has 2 aromatic carbocycles. The van der Waals surface area contributed by atoms with Crippen molar-refractivity contribution in [3.05, 3.63) is 70.6 Å². The van der Waals surface area contributed by atoms with E-state index in [4.69, 9.17) is 4.42 Å². The Balaban J connectivity index is 2.17. The van der Waals surface area contributed by atoms with Gasteiger partial charge >= 0.3 is 5.63 Å². The van der Waals surface area contributed by atoms with Crippen LogP contribution in [0.25, 0.3) is 11.0 Å². The van der Waals surface area contributed by atoms with Gasteiger partial charge in [0.25, 0.3) is 0 Å². The summed E-state index contributed by atoms with van der Waals surface area (Å²) in [5.74, 6) is 0. The molecule has 3 heteroatoms.